The van der Waals surface area contributed by atoms with E-state index >= 15 is 0 Å². The Morgan fingerprint density at radius 1 is 0.833 bits per heavy atom. The number of hydrogen-bond donors (Lipinski definition) is 7. The number of H-pyrrole nitrogens is 3. The van der Waals surface area contributed by atoms with Crippen molar-refractivity contribution < 1.29 is 34.4 Å². The standard InChI is InChI=1S/C55H78N4O7/c1-11-38-35(8)42-26-46-39(12-2)41(29-60)47(57-46)27-43-36(9)40(22-23-48(62)65-25-24-34(7)21-15-20-33(6)19-14-18-32(5)17-13-16-31(3)4)52(58-43)50-51(55(64)66-30-61)54(63)49-37(10)44(59-53(49)50)28-45(38)56-42/h12,24,26-28,31-33,36,40,51-52,56-61,63H,2,11,13-23,25,29-30H2,1,3-10H3/b34-24+,42-26-,43-27-,45-28-/t32-,33-,36+,40+,51+,52?/m1/s1. The normalized spacial score (nSPS) is 21.7. The molecule has 5 heterocycles. The second kappa shape index (κ2) is 22.7. The van der Waals surface area contributed by atoms with Gasteiger partial charge in [0.25, 0.3) is 0 Å². The number of aliphatic hydroxyl groups excluding tert-OH is 3. The fourth-order valence-corrected chi connectivity index (χ4v) is 10.8. The highest BCUT2D eigenvalue weighted by atomic mass is 16.6. The minimum Gasteiger partial charge on any atom is -0.510 e. The average molecular weight is 907 g/mol. The molecule has 1 fully saturated rings. The molecular formula is C55H78N4O7. The van der Waals surface area contributed by atoms with Crippen molar-refractivity contribution in [1.82, 2.24) is 20.3 Å². The van der Waals surface area contributed by atoms with Crippen molar-refractivity contribution in [2.24, 2.45) is 35.5 Å². The maximum Gasteiger partial charge on any atom is 0.323 e. The van der Waals surface area contributed by atoms with E-state index in [0.29, 0.717) is 39.7 Å². The smallest absolute Gasteiger partial charge is 0.323 e. The second-order valence-electron chi connectivity index (χ2n) is 20.0. The Bertz CT molecular complexity index is 2550. The maximum absolute atomic E-state index is 13.8. The molecule has 3 aromatic rings. The molecule has 3 aromatic heterocycles. The van der Waals surface area contributed by atoms with Gasteiger partial charge in [-0.3, -0.25) is 9.59 Å². The number of carbonyl (C=O) groups is 2. The molecule has 0 saturated carbocycles. The molecule has 0 amide bonds. The molecule has 11 heteroatoms. The lowest BCUT2D eigenvalue weighted by Gasteiger charge is -2.26. The molecule has 1 saturated heterocycles. The van der Waals surface area contributed by atoms with E-state index in [0.717, 1.165) is 81.1 Å². The van der Waals surface area contributed by atoms with Crippen LogP contribution >= 0.6 is 0 Å². The first-order valence-electron chi connectivity index (χ1n) is 24.7. The van der Waals surface area contributed by atoms with Crippen LogP contribution in [0.5, 0.6) is 0 Å². The number of hydrogen-bond acceptors (Lipinski definition) is 8. The molecule has 0 aromatic carbocycles. The topological polar surface area (TPSA) is 173 Å². The summed E-state index contributed by atoms with van der Waals surface area (Å²) in [6, 6.07) is -0.539. The SMILES string of the molecule is C=Cc1c2[nH]c(c1CO)/C=C1\NC(C3=c4[nH]c(c(C)c4=C(O)[C@H]3C(=O)OCO)/C=c3\[nH]/c(c(C)c3CC)=C\2)[C@@H](CCC(=O)OC/C=C(\C)CCC[C@H](C)CCC[C@H](C)CCCC(C)C)[C@@H]1C. The molecule has 8 bridgehead atoms. The Balaban J connectivity index is 1.24. The molecule has 3 aliphatic rings. The van der Waals surface area contributed by atoms with Gasteiger partial charge >= 0.3 is 11.9 Å². The van der Waals surface area contributed by atoms with E-state index in [-0.39, 0.29) is 43.2 Å². The molecule has 1 unspecified atom stereocenters. The van der Waals surface area contributed by atoms with Crippen molar-refractivity contribution >= 4 is 47.6 Å². The molecule has 66 heavy (non-hydrogen) atoms. The maximum atomic E-state index is 13.8. The predicted octanol–water partition coefficient (Wildman–Crippen LogP) is 7.87. The van der Waals surface area contributed by atoms with Gasteiger partial charge in [-0.15, -0.1) is 0 Å². The zero-order chi connectivity index (χ0) is 47.8. The van der Waals surface area contributed by atoms with Gasteiger partial charge in [0.15, 0.2) is 6.79 Å². The first kappa shape index (κ1) is 50.4. The molecule has 6 rings (SSSR count). The van der Waals surface area contributed by atoms with Gasteiger partial charge in [-0.1, -0.05) is 105 Å². The van der Waals surface area contributed by atoms with Crippen LogP contribution < -0.4 is 26.6 Å². The fraction of sp³-hybridized carbons (Fsp3) is 0.564. The Morgan fingerprint density at radius 2 is 1.52 bits per heavy atom. The highest BCUT2D eigenvalue weighted by molar-refractivity contribution is 5.96. The van der Waals surface area contributed by atoms with Crippen LogP contribution in [0.4, 0.5) is 0 Å². The summed E-state index contributed by atoms with van der Waals surface area (Å²) >= 11 is 0. The molecular weight excluding hydrogens is 829 g/mol. The largest absolute Gasteiger partial charge is 0.510 e. The van der Waals surface area contributed by atoms with Gasteiger partial charge in [0.2, 0.25) is 0 Å². The molecule has 0 spiro atoms. The van der Waals surface area contributed by atoms with Crippen LogP contribution in [0.3, 0.4) is 0 Å². The third-order valence-electron chi connectivity index (χ3n) is 14.8. The van der Waals surface area contributed by atoms with Crippen LogP contribution in [0.15, 0.2) is 23.9 Å². The highest BCUT2D eigenvalue weighted by Crippen LogP contribution is 2.42. The summed E-state index contributed by atoms with van der Waals surface area (Å²) in [6.07, 6.45) is 22.4. The summed E-state index contributed by atoms with van der Waals surface area (Å²) in [4.78, 5) is 38.0. The first-order chi connectivity index (χ1) is 31.6. The summed E-state index contributed by atoms with van der Waals surface area (Å²) in [6.45, 7) is 23.0. The number of aromatic amines is 3. The molecule has 360 valence electrons. The minimum absolute atomic E-state index is 0.143. The first-order valence-corrected chi connectivity index (χ1v) is 24.7. The average Bonchev–Trinajstić information content (AvgIpc) is 4.03. The van der Waals surface area contributed by atoms with Gasteiger partial charge in [-0.2, -0.15) is 0 Å². The van der Waals surface area contributed by atoms with Crippen LogP contribution in [-0.4, -0.2) is 61.7 Å². The number of carbonyl (C=O) groups excluding carboxylic acids is 2. The number of aliphatic hydroxyl groups is 3. The van der Waals surface area contributed by atoms with E-state index in [1.54, 1.807) is 6.08 Å². The van der Waals surface area contributed by atoms with E-state index in [4.69, 9.17) is 9.47 Å². The van der Waals surface area contributed by atoms with Crippen molar-refractivity contribution in [2.75, 3.05) is 13.4 Å². The number of fused-ring (bicyclic) bond motifs is 8. The lowest BCUT2D eigenvalue weighted by molar-refractivity contribution is -0.153. The lowest BCUT2D eigenvalue weighted by Crippen LogP contribution is -2.38. The van der Waals surface area contributed by atoms with Crippen LogP contribution in [0.2, 0.25) is 0 Å². The predicted molar refractivity (Wildman–Crippen MR) is 265 cm³/mol. The molecule has 0 radical (unpaired) electrons. The molecule has 7 N–H and O–H groups in total. The van der Waals surface area contributed by atoms with Crippen LogP contribution in [-0.2, 0) is 32.1 Å². The van der Waals surface area contributed by atoms with Gasteiger partial charge in [0.05, 0.1) is 18.0 Å². The van der Waals surface area contributed by atoms with Crippen LogP contribution in [0, 0.1) is 49.4 Å². The minimum atomic E-state index is -1.19. The van der Waals surface area contributed by atoms with Crippen molar-refractivity contribution in [3.63, 3.8) is 0 Å². The van der Waals surface area contributed by atoms with E-state index in [1.165, 1.54) is 50.5 Å². The summed E-state index contributed by atoms with van der Waals surface area (Å²) in [5, 5.41) is 39.1. The Morgan fingerprint density at radius 3 is 2.17 bits per heavy atom. The number of rotatable bonds is 22. The Kier molecular flexibility index (Phi) is 17.3. The highest BCUT2D eigenvalue weighted by Gasteiger charge is 2.47. The van der Waals surface area contributed by atoms with E-state index in [1.807, 2.05) is 25.2 Å². The summed E-state index contributed by atoms with van der Waals surface area (Å²) in [7, 11) is 0. The summed E-state index contributed by atoms with van der Waals surface area (Å²) in [5.41, 5.74) is 9.40. The zero-order valence-electron chi connectivity index (χ0n) is 41.2. The molecule has 2 aliphatic heterocycles. The number of aromatic nitrogens is 3. The van der Waals surface area contributed by atoms with E-state index in [2.05, 4.69) is 88.3 Å². The number of allylic oxidation sites excluding steroid dienone is 2. The zero-order valence-corrected chi connectivity index (χ0v) is 41.2. The Hall–Kier alpha value is -5.00. The molecule has 1 aliphatic carbocycles. The van der Waals surface area contributed by atoms with E-state index < -0.39 is 24.7 Å². The van der Waals surface area contributed by atoms with E-state index in [9.17, 15) is 24.9 Å². The third-order valence-corrected chi connectivity index (χ3v) is 14.8. The lowest BCUT2D eigenvalue weighted by atomic mass is 9.80. The van der Waals surface area contributed by atoms with Crippen LogP contribution in [0.25, 0.3) is 35.6 Å². The van der Waals surface area contributed by atoms with Crippen LogP contribution in [0.1, 0.15) is 164 Å². The molecule has 6 atom stereocenters. The monoisotopic (exact) mass is 907 g/mol. The van der Waals surface area contributed by atoms with Crippen molar-refractivity contribution in [3.8, 4) is 0 Å². The van der Waals surface area contributed by atoms with Crippen molar-refractivity contribution in [1.29, 1.82) is 0 Å². The van der Waals surface area contributed by atoms with Gasteiger partial charge in [-0.05, 0) is 117 Å². The van der Waals surface area contributed by atoms with Gasteiger partial charge < -0.3 is 45.1 Å². The third kappa shape index (κ3) is 11.2. The molecule has 11 nitrogen and oxygen atoms in total. The van der Waals surface area contributed by atoms with Gasteiger partial charge in [0, 0.05) is 62.2 Å². The van der Waals surface area contributed by atoms with Gasteiger partial charge in [0.1, 0.15) is 18.3 Å². The second-order valence-corrected chi connectivity index (χ2v) is 20.0. The summed E-state index contributed by atoms with van der Waals surface area (Å²) in [5.74, 6) is -0.508. The number of esters is 2. The fourth-order valence-electron chi connectivity index (χ4n) is 10.8. The quantitative estimate of drug-likeness (QED) is 0.0303. The summed E-state index contributed by atoms with van der Waals surface area (Å²) < 4.78 is 11.0. The Labute approximate surface area is 392 Å². The van der Waals surface area contributed by atoms with Crippen molar-refractivity contribution in [3.05, 3.63) is 90.1 Å². The van der Waals surface area contributed by atoms with Gasteiger partial charge in [-0.25, -0.2) is 0 Å². The van der Waals surface area contributed by atoms with Crippen molar-refractivity contribution in [2.45, 2.75) is 152 Å². The number of ether oxygens (including phenoxy) is 2. The number of nitrogens with one attached hydrogen (secondary N) is 4.